The summed E-state index contributed by atoms with van der Waals surface area (Å²) in [5.74, 6) is 1.65. The van der Waals surface area contributed by atoms with Crippen LogP contribution < -0.4 is 0 Å². The summed E-state index contributed by atoms with van der Waals surface area (Å²) in [6, 6.07) is 0.142. The molecule has 1 saturated carbocycles. The zero-order valence-electron chi connectivity index (χ0n) is 12.0. The molecule has 0 aromatic carbocycles. The Labute approximate surface area is 115 Å². The molecule has 19 heavy (non-hydrogen) atoms. The van der Waals surface area contributed by atoms with Crippen LogP contribution in [0.4, 0.5) is 0 Å². The van der Waals surface area contributed by atoms with Gasteiger partial charge in [0.1, 0.15) is 12.6 Å². The van der Waals surface area contributed by atoms with Gasteiger partial charge >= 0.3 is 0 Å². The van der Waals surface area contributed by atoms with Gasteiger partial charge in [-0.25, -0.2) is 0 Å². The number of hydrogen-bond acceptors (Lipinski definition) is 2. The van der Waals surface area contributed by atoms with Crippen molar-refractivity contribution < 1.29 is 9.59 Å². The lowest BCUT2D eigenvalue weighted by atomic mass is 9.78. The second-order valence-electron chi connectivity index (χ2n) is 6.67. The molecule has 0 bridgehead atoms. The Morgan fingerprint density at radius 3 is 2.58 bits per heavy atom. The zero-order chi connectivity index (χ0) is 13.6. The van der Waals surface area contributed by atoms with Crippen molar-refractivity contribution in [1.82, 2.24) is 9.80 Å². The fourth-order valence-corrected chi connectivity index (χ4v) is 4.22. The highest BCUT2D eigenvalue weighted by Crippen LogP contribution is 2.34. The van der Waals surface area contributed by atoms with E-state index in [2.05, 4.69) is 13.8 Å². The summed E-state index contributed by atoms with van der Waals surface area (Å²) >= 11 is 0. The highest BCUT2D eigenvalue weighted by Gasteiger charge is 2.45. The minimum absolute atomic E-state index is 0.146. The topological polar surface area (TPSA) is 40.6 Å². The van der Waals surface area contributed by atoms with E-state index in [1.807, 2.05) is 4.90 Å². The third-order valence-electron chi connectivity index (χ3n) is 5.23. The first kappa shape index (κ1) is 12.9. The Morgan fingerprint density at radius 2 is 1.84 bits per heavy atom. The number of nitrogens with zero attached hydrogens (tertiary/aromatic N) is 2. The van der Waals surface area contributed by atoms with Crippen LogP contribution in [-0.2, 0) is 9.59 Å². The molecule has 3 rings (SSSR count). The van der Waals surface area contributed by atoms with Crippen LogP contribution in [0, 0.1) is 11.8 Å². The highest BCUT2D eigenvalue weighted by atomic mass is 16.2. The summed E-state index contributed by atoms with van der Waals surface area (Å²) < 4.78 is 0. The van der Waals surface area contributed by atoms with Gasteiger partial charge in [-0.1, -0.05) is 13.8 Å². The largest absolute Gasteiger partial charge is 0.329 e. The maximum atomic E-state index is 12.6. The van der Waals surface area contributed by atoms with Crippen molar-refractivity contribution >= 4 is 11.8 Å². The van der Waals surface area contributed by atoms with E-state index in [1.54, 1.807) is 4.90 Å². The molecule has 106 valence electrons. The number of carbonyl (C=O) groups excluding carboxylic acids is 2. The molecule has 0 aromatic heterocycles. The molecule has 2 aliphatic heterocycles. The molecule has 4 heteroatoms. The molecule has 3 aliphatic rings. The number of fused-ring (bicyclic) bond motifs is 1. The van der Waals surface area contributed by atoms with Gasteiger partial charge in [0, 0.05) is 12.6 Å². The third-order valence-corrected chi connectivity index (χ3v) is 5.23. The van der Waals surface area contributed by atoms with Gasteiger partial charge in [-0.05, 0) is 43.9 Å². The maximum absolute atomic E-state index is 12.6. The Balaban J connectivity index is 1.77. The zero-order valence-corrected chi connectivity index (χ0v) is 12.0. The van der Waals surface area contributed by atoms with Crippen molar-refractivity contribution in [3.05, 3.63) is 0 Å². The summed E-state index contributed by atoms with van der Waals surface area (Å²) in [5.41, 5.74) is 0. The first-order chi connectivity index (χ1) is 9.08. The molecular formula is C15H24N2O2. The average Bonchev–Trinajstić information content (AvgIpc) is 2.84. The molecule has 0 radical (unpaired) electrons. The van der Waals surface area contributed by atoms with Crippen molar-refractivity contribution in [3.63, 3.8) is 0 Å². The fraction of sp³-hybridized carbons (Fsp3) is 0.867. The Kier molecular flexibility index (Phi) is 3.27. The smallest absolute Gasteiger partial charge is 0.246 e. The number of carbonyl (C=O) groups is 2. The lowest BCUT2D eigenvalue weighted by Crippen LogP contribution is -2.61. The Morgan fingerprint density at radius 1 is 1.05 bits per heavy atom. The van der Waals surface area contributed by atoms with E-state index >= 15 is 0 Å². The van der Waals surface area contributed by atoms with E-state index in [4.69, 9.17) is 0 Å². The predicted octanol–water partition coefficient (Wildman–Crippen LogP) is 1.64. The normalized spacial score (nSPS) is 39.7. The number of amides is 2. The first-order valence-electron chi connectivity index (χ1n) is 7.68. The number of piperazine rings is 1. The van der Waals surface area contributed by atoms with Crippen molar-refractivity contribution in [2.75, 3.05) is 13.1 Å². The molecule has 0 spiro atoms. The van der Waals surface area contributed by atoms with Crippen LogP contribution in [0.3, 0.4) is 0 Å². The Hall–Kier alpha value is -1.06. The van der Waals surface area contributed by atoms with Gasteiger partial charge in [0.05, 0.1) is 0 Å². The second kappa shape index (κ2) is 4.80. The minimum Gasteiger partial charge on any atom is -0.329 e. The van der Waals surface area contributed by atoms with Gasteiger partial charge < -0.3 is 9.80 Å². The standard InChI is InChI=1S/C15H24N2O2/c1-10-5-6-12(11(2)8-10)17-9-14(18)16-7-3-4-13(16)15(17)19/h10-13H,3-9H2,1-2H3. The van der Waals surface area contributed by atoms with Gasteiger partial charge in [-0.2, -0.15) is 0 Å². The SMILES string of the molecule is CC1CCC(N2CC(=O)N3CCCC3C2=O)C(C)C1. The van der Waals surface area contributed by atoms with Crippen LogP contribution in [0.2, 0.25) is 0 Å². The molecule has 2 amide bonds. The molecule has 4 unspecified atom stereocenters. The quantitative estimate of drug-likeness (QED) is 0.722. The summed E-state index contributed by atoms with van der Waals surface area (Å²) in [7, 11) is 0. The molecule has 2 saturated heterocycles. The van der Waals surface area contributed by atoms with E-state index in [1.165, 1.54) is 12.8 Å². The van der Waals surface area contributed by atoms with Gasteiger partial charge in [-0.3, -0.25) is 9.59 Å². The van der Waals surface area contributed by atoms with E-state index < -0.39 is 0 Å². The molecule has 3 fully saturated rings. The number of hydrogen-bond donors (Lipinski definition) is 0. The van der Waals surface area contributed by atoms with Crippen LogP contribution in [0.25, 0.3) is 0 Å². The molecular weight excluding hydrogens is 240 g/mol. The molecule has 1 aliphatic carbocycles. The van der Waals surface area contributed by atoms with Crippen molar-refractivity contribution in [2.45, 2.75) is 58.0 Å². The van der Waals surface area contributed by atoms with Crippen LogP contribution in [-0.4, -0.2) is 46.8 Å². The summed E-state index contributed by atoms with van der Waals surface area (Å²) in [5, 5.41) is 0. The molecule has 0 aromatic rings. The molecule has 4 nitrogen and oxygen atoms in total. The second-order valence-corrected chi connectivity index (χ2v) is 6.67. The predicted molar refractivity (Wildman–Crippen MR) is 72.4 cm³/mol. The van der Waals surface area contributed by atoms with Crippen molar-refractivity contribution in [2.24, 2.45) is 11.8 Å². The summed E-state index contributed by atoms with van der Waals surface area (Å²) in [6.45, 7) is 5.62. The lowest BCUT2D eigenvalue weighted by Gasteiger charge is -2.45. The van der Waals surface area contributed by atoms with Gasteiger partial charge in [-0.15, -0.1) is 0 Å². The summed E-state index contributed by atoms with van der Waals surface area (Å²) in [4.78, 5) is 28.5. The van der Waals surface area contributed by atoms with Gasteiger partial charge in [0.25, 0.3) is 0 Å². The van der Waals surface area contributed by atoms with Gasteiger partial charge in [0.2, 0.25) is 11.8 Å². The molecule has 4 atom stereocenters. The van der Waals surface area contributed by atoms with Crippen molar-refractivity contribution in [3.8, 4) is 0 Å². The maximum Gasteiger partial charge on any atom is 0.246 e. The minimum atomic E-state index is -0.146. The highest BCUT2D eigenvalue weighted by molar-refractivity contribution is 5.95. The van der Waals surface area contributed by atoms with Crippen LogP contribution in [0.5, 0.6) is 0 Å². The average molecular weight is 264 g/mol. The fourth-order valence-electron chi connectivity index (χ4n) is 4.22. The van der Waals surface area contributed by atoms with Gasteiger partial charge in [0.15, 0.2) is 0 Å². The van der Waals surface area contributed by atoms with E-state index in [-0.39, 0.29) is 23.9 Å². The summed E-state index contributed by atoms with van der Waals surface area (Å²) in [6.07, 6.45) is 5.26. The van der Waals surface area contributed by atoms with Crippen LogP contribution in [0.1, 0.15) is 46.0 Å². The Bertz CT molecular complexity index is 396. The van der Waals surface area contributed by atoms with Crippen LogP contribution >= 0.6 is 0 Å². The van der Waals surface area contributed by atoms with E-state index in [0.29, 0.717) is 12.5 Å². The lowest BCUT2D eigenvalue weighted by molar-refractivity contribution is -0.157. The molecule has 0 N–H and O–H groups in total. The first-order valence-corrected chi connectivity index (χ1v) is 7.68. The third kappa shape index (κ3) is 2.15. The van der Waals surface area contributed by atoms with E-state index in [9.17, 15) is 9.59 Å². The van der Waals surface area contributed by atoms with E-state index in [0.717, 1.165) is 31.7 Å². The monoisotopic (exact) mass is 264 g/mol. The van der Waals surface area contributed by atoms with Crippen molar-refractivity contribution in [1.29, 1.82) is 0 Å². The number of rotatable bonds is 1. The van der Waals surface area contributed by atoms with Crippen LogP contribution in [0.15, 0.2) is 0 Å². The molecule has 2 heterocycles.